The molecule has 2 aromatic rings. The Hall–Kier alpha value is -2.42. The van der Waals surface area contributed by atoms with Crippen LogP contribution in [0.3, 0.4) is 0 Å². The number of fused-ring (bicyclic) bond motifs is 1. The molecule has 0 spiro atoms. The van der Waals surface area contributed by atoms with E-state index in [-0.39, 0.29) is 11.8 Å². The van der Waals surface area contributed by atoms with Gasteiger partial charge in [-0.25, -0.2) is 0 Å². The van der Waals surface area contributed by atoms with Gasteiger partial charge in [0.1, 0.15) is 0 Å². The number of benzene rings is 2. The molecule has 1 unspecified atom stereocenters. The Kier molecular flexibility index (Phi) is 5.09. The van der Waals surface area contributed by atoms with Crippen LogP contribution in [-0.2, 0) is 4.79 Å². The highest BCUT2D eigenvalue weighted by molar-refractivity contribution is 8.03. The maximum absolute atomic E-state index is 13.0. The fourth-order valence-corrected chi connectivity index (χ4v) is 4.93. The zero-order chi connectivity index (χ0) is 19.8. The third-order valence-electron chi connectivity index (χ3n) is 5.29. The van der Waals surface area contributed by atoms with Gasteiger partial charge in [-0.05, 0) is 37.1 Å². The molecule has 0 aliphatic carbocycles. The first kappa shape index (κ1) is 18.9. The Morgan fingerprint density at radius 1 is 1.18 bits per heavy atom. The first-order valence-electron chi connectivity index (χ1n) is 9.13. The minimum absolute atomic E-state index is 0.0509. The van der Waals surface area contributed by atoms with Crippen molar-refractivity contribution in [1.29, 1.82) is 5.26 Å². The van der Waals surface area contributed by atoms with Crippen molar-refractivity contribution in [1.82, 2.24) is 4.90 Å². The topological polar surface area (TPSA) is 47.3 Å². The molecule has 0 radical (unpaired) electrons. The number of carbonyl (C=O) groups is 1. The lowest BCUT2D eigenvalue weighted by Crippen LogP contribution is -2.47. The van der Waals surface area contributed by atoms with Gasteiger partial charge in [-0.1, -0.05) is 59.3 Å². The number of nitrogens with zero attached hydrogens (tertiary/aromatic N) is 3. The van der Waals surface area contributed by atoms with E-state index in [9.17, 15) is 10.1 Å². The molecular weight excluding hydrogens is 390 g/mol. The van der Waals surface area contributed by atoms with Crippen LogP contribution in [0.1, 0.15) is 29.0 Å². The normalized spacial score (nSPS) is 19.5. The van der Waals surface area contributed by atoms with Gasteiger partial charge in [-0.15, -0.1) is 0 Å². The first-order chi connectivity index (χ1) is 13.5. The molecule has 0 N–H and O–H groups in total. The Labute approximate surface area is 174 Å². The lowest BCUT2D eigenvalue weighted by Gasteiger charge is -2.42. The average Bonchev–Trinajstić information content (AvgIpc) is 2.70. The van der Waals surface area contributed by atoms with E-state index in [1.807, 2.05) is 56.3 Å². The number of halogens is 1. The number of anilines is 1. The summed E-state index contributed by atoms with van der Waals surface area (Å²) >= 11 is 7.82. The Morgan fingerprint density at radius 3 is 2.61 bits per heavy atom. The van der Waals surface area contributed by atoms with E-state index in [1.54, 1.807) is 16.7 Å². The van der Waals surface area contributed by atoms with Crippen LogP contribution in [-0.4, -0.2) is 23.4 Å². The first-order valence-corrected chi connectivity index (χ1v) is 10.5. The van der Waals surface area contributed by atoms with Crippen molar-refractivity contribution in [3.05, 3.63) is 74.8 Å². The molecule has 0 bridgehead atoms. The summed E-state index contributed by atoms with van der Waals surface area (Å²) in [5.41, 5.74) is 4.88. The number of nitriles is 1. The third-order valence-corrected chi connectivity index (χ3v) is 6.86. The van der Waals surface area contributed by atoms with Gasteiger partial charge in [-0.3, -0.25) is 9.69 Å². The van der Waals surface area contributed by atoms with E-state index < -0.39 is 0 Å². The van der Waals surface area contributed by atoms with Gasteiger partial charge in [0.25, 0.3) is 0 Å². The summed E-state index contributed by atoms with van der Waals surface area (Å²) in [6, 6.07) is 16.4. The maximum atomic E-state index is 13.0. The number of allylic oxidation sites excluding steroid dienone is 1. The summed E-state index contributed by atoms with van der Waals surface area (Å²) in [5.74, 6) is 0.553. The molecule has 6 heteroatoms. The fourth-order valence-electron chi connectivity index (χ4n) is 3.59. The van der Waals surface area contributed by atoms with Crippen LogP contribution in [0.4, 0.5) is 5.69 Å². The minimum atomic E-state index is -0.169. The predicted octanol–water partition coefficient (Wildman–Crippen LogP) is 5.18. The highest BCUT2D eigenvalue weighted by Crippen LogP contribution is 2.43. The van der Waals surface area contributed by atoms with E-state index in [1.165, 1.54) is 0 Å². The summed E-state index contributed by atoms with van der Waals surface area (Å²) in [7, 11) is 0. The van der Waals surface area contributed by atoms with Crippen molar-refractivity contribution < 1.29 is 4.79 Å². The quantitative estimate of drug-likeness (QED) is 0.685. The molecule has 2 aromatic carbocycles. The number of aryl methyl sites for hydroxylation is 2. The molecule has 2 aliphatic heterocycles. The number of amides is 1. The molecule has 1 atom stereocenters. The van der Waals surface area contributed by atoms with E-state index in [0.29, 0.717) is 29.6 Å². The Morgan fingerprint density at radius 2 is 1.93 bits per heavy atom. The molecule has 2 heterocycles. The SMILES string of the molecule is Cc1ccc(C2CC(=O)N3CN(c4ccc(C)c(Cl)c4)CSC3=C2C#N)cc1. The van der Waals surface area contributed by atoms with Gasteiger partial charge < -0.3 is 4.90 Å². The van der Waals surface area contributed by atoms with Gasteiger partial charge in [0, 0.05) is 23.0 Å². The highest BCUT2D eigenvalue weighted by atomic mass is 35.5. The van der Waals surface area contributed by atoms with Crippen LogP contribution in [0, 0.1) is 25.2 Å². The van der Waals surface area contributed by atoms with Crippen LogP contribution in [0.25, 0.3) is 0 Å². The van der Waals surface area contributed by atoms with E-state index in [2.05, 4.69) is 11.0 Å². The van der Waals surface area contributed by atoms with Crippen molar-refractivity contribution in [2.75, 3.05) is 17.4 Å². The molecule has 1 amide bonds. The van der Waals surface area contributed by atoms with Crippen LogP contribution >= 0.6 is 23.4 Å². The molecule has 1 saturated heterocycles. The van der Waals surface area contributed by atoms with Crippen molar-refractivity contribution in [3.8, 4) is 6.07 Å². The zero-order valence-corrected chi connectivity index (χ0v) is 17.3. The summed E-state index contributed by atoms with van der Waals surface area (Å²) in [6.45, 7) is 4.44. The molecule has 4 nitrogen and oxygen atoms in total. The van der Waals surface area contributed by atoms with Gasteiger partial charge in [0.2, 0.25) is 5.91 Å². The lowest BCUT2D eigenvalue weighted by atomic mass is 9.86. The summed E-state index contributed by atoms with van der Waals surface area (Å²) in [6.07, 6.45) is 0.318. The second-order valence-electron chi connectivity index (χ2n) is 7.21. The van der Waals surface area contributed by atoms with Crippen molar-refractivity contribution in [3.63, 3.8) is 0 Å². The van der Waals surface area contributed by atoms with Gasteiger partial charge in [-0.2, -0.15) is 5.26 Å². The van der Waals surface area contributed by atoms with Gasteiger partial charge in [0.15, 0.2) is 0 Å². The Bertz CT molecular complexity index is 1010. The second kappa shape index (κ2) is 7.54. The van der Waals surface area contributed by atoms with Crippen LogP contribution < -0.4 is 4.90 Å². The van der Waals surface area contributed by atoms with Crippen molar-refractivity contribution >= 4 is 35.0 Å². The van der Waals surface area contributed by atoms with Crippen LogP contribution in [0.5, 0.6) is 0 Å². The number of hydrogen-bond acceptors (Lipinski definition) is 4. The molecular formula is C22H20ClN3OS. The molecule has 0 aromatic heterocycles. The minimum Gasteiger partial charge on any atom is -0.344 e. The number of carbonyl (C=O) groups excluding carboxylic acids is 1. The van der Waals surface area contributed by atoms with Crippen molar-refractivity contribution in [2.24, 2.45) is 0 Å². The average molecular weight is 410 g/mol. The van der Waals surface area contributed by atoms with E-state index >= 15 is 0 Å². The number of rotatable bonds is 2. The maximum Gasteiger partial charge on any atom is 0.229 e. The van der Waals surface area contributed by atoms with Crippen molar-refractivity contribution in [2.45, 2.75) is 26.2 Å². The molecule has 1 fully saturated rings. The van der Waals surface area contributed by atoms with Crippen LogP contribution in [0.15, 0.2) is 53.1 Å². The molecule has 4 rings (SSSR count). The van der Waals surface area contributed by atoms with Crippen LogP contribution in [0.2, 0.25) is 5.02 Å². The summed E-state index contributed by atoms with van der Waals surface area (Å²) < 4.78 is 0. The van der Waals surface area contributed by atoms with E-state index in [0.717, 1.165) is 27.4 Å². The molecule has 2 aliphatic rings. The van der Waals surface area contributed by atoms with E-state index in [4.69, 9.17) is 11.6 Å². The Balaban J connectivity index is 1.65. The fraction of sp³-hybridized carbons (Fsp3) is 0.273. The zero-order valence-electron chi connectivity index (χ0n) is 15.8. The van der Waals surface area contributed by atoms with Gasteiger partial charge in [0.05, 0.1) is 29.2 Å². The largest absolute Gasteiger partial charge is 0.344 e. The number of thioether (sulfide) groups is 1. The smallest absolute Gasteiger partial charge is 0.229 e. The lowest BCUT2D eigenvalue weighted by molar-refractivity contribution is -0.129. The summed E-state index contributed by atoms with van der Waals surface area (Å²) in [4.78, 5) is 16.8. The molecule has 28 heavy (non-hydrogen) atoms. The monoisotopic (exact) mass is 409 g/mol. The standard InChI is InChI=1S/C22H20ClN3OS/c1-14-3-6-16(7-4-14)18-10-21(27)26-12-25(13-28-22(26)19(18)11-24)17-8-5-15(2)20(23)9-17/h3-9,18H,10,12-13H2,1-2H3. The predicted molar refractivity (Wildman–Crippen MR) is 114 cm³/mol. The highest BCUT2D eigenvalue weighted by Gasteiger charge is 2.38. The molecule has 0 saturated carbocycles. The molecule has 142 valence electrons. The summed E-state index contributed by atoms with van der Waals surface area (Å²) in [5, 5.41) is 11.4. The second-order valence-corrected chi connectivity index (χ2v) is 8.55. The number of hydrogen-bond donors (Lipinski definition) is 0. The third kappa shape index (κ3) is 3.39. The van der Waals surface area contributed by atoms with Gasteiger partial charge >= 0.3 is 0 Å².